The second-order valence-corrected chi connectivity index (χ2v) is 3.49. The standard InChI is InChI=1S/C9H8N4O3/c10-2-6-3-11-12-8(6)13-4-5(9(15)16)1-7(13)14/h3,5H,1,4H2,(H,11,12)(H,15,16). The summed E-state index contributed by atoms with van der Waals surface area (Å²) in [4.78, 5) is 23.6. The summed E-state index contributed by atoms with van der Waals surface area (Å²) < 4.78 is 0. The molecule has 1 aliphatic rings. The summed E-state index contributed by atoms with van der Waals surface area (Å²) in [5.41, 5.74) is 0.236. The van der Waals surface area contributed by atoms with Gasteiger partial charge in [0.15, 0.2) is 0 Å². The molecule has 7 nitrogen and oxygen atoms in total. The van der Waals surface area contributed by atoms with Crippen molar-refractivity contribution < 1.29 is 14.7 Å². The number of hydrogen-bond acceptors (Lipinski definition) is 4. The average molecular weight is 220 g/mol. The van der Waals surface area contributed by atoms with Crippen LogP contribution in [0.2, 0.25) is 0 Å². The van der Waals surface area contributed by atoms with Crippen molar-refractivity contribution >= 4 is 17.7 Å². The van der Waals surface area contributed by atoms with Crippen LogP contribution in [-0.2, 0) is 9.59 Å². The number of carboxylic acid groups (broad SMARTS) is 1. The highest BCUT2D eigenvalue weighted by Crippen LogP contribution is 2.25. The Hall–Kier alpha value is -2.36. The van der Waals surface area contributed by atoms with E-state index in [2.05, 4.69) is 10.2 Å². The molecule has 1 saturated heterocycles. The third kappa shape index (κ3) is 1.50. The van der Waals surface area contributed by atoms with Crippen molar-refractivity contribution in [3.05, 3.63) is 11.8 Å². The van der Waals surface area contributed by atoms with E-state index in [9.17, 15) is 9.59 Å². The SMILES string of the molecule is N#Cc1cn[nH]c1N1CC(C(=O)O)CC1=O. The number of carbonyl (C=O) groups excluding carboxylic acids is 1. The van der Waals surface area contributed by atoms with Gasteiger partial charge in [-0.3, -0.25) is 19.6 Å². The smallest absolute Gasteiger partial charge is 0.308 e. The quantitative estimate of drug-likeness (QED) is 0.712. The zero-order valence-corrected chi connectivity index (χ0v) is 8.17. The molecule has 1 amide bonds. The molecule has 16 heavy (non-hydrogen) atoms. The van der Waals surface area contributed by atoms with Crippen LogP contribution >= 0.6 is 0 Å². The number of nitriles is 1. The van der Waals surface area contributed by atoms with Crippen LogP contribution in [0, 0.1) is 17.2 Å². The fraction of sp³-hybridized carbons (Fsp3) is 0.333. The number of carbonyl (C=O) groups is 2. The predicted octanol–water partition coefficient (Wildman–Crippen LogP) is -0.281. The van der Waals surface area contributed by atoms with Crippen LogP contribution in [0.25, 0.3) is 0 Å². The van der Waals surface area contributed by atoms with E-state index in [0.29, 0.717) is 0 Å². The maximum atomic E-state index is 11.6. The van der Waals surface area contributed by atoms with Gasteiger partial charge in [-0.25, -0.2) is 0 Å². The van der Waals surface area contributed by atoms with Gasteiger partial charge in [0.05, 0.1) is 12.1 Å². The highest BCUT2D eigenvalue weighted by Gasteiger charge is 2.36. The minimum Gasteiger partial charge on any atom is -0.481 e. The molecule has 1 aromatic rings. The maximum Gasteiger partial charge on any atom is 0.308 e. The number of aromatic amines is 1. The summed E-state index contributed by atoms with van der Waals surface area (Å²) >= 11 is 0. The van der Waals surface area contributed by atoms with Crippen molar-refractivity contribution in [3.63, 3.8) is 0 Å². The van der Waals surface area contributed by atoms with E-state index >= 15 is 0 Å². The zero-order valence-electron chi connectivity index (χ0n) is 8.17. The van der Waals surface area contributed by atoms with Crippen LogP contribution in [0.3, 0.4) is 0 Å². The molecular formula is C9H8N4O3. The predicted molar refractivity (Wildman–Crippen MR) is 51.4 cm³/mol. The highest BCUT2D eigenvalue weighted by atomic mass is 16.4. The van der Waals surface area contributed by atoms with Gasteiger partial charge in [-0.05, 0) is 0 Å². The summed E-state index contributed by atoms with van der Waals surface area (Å²) in [6.45, 7) is 0.0744. The van der Waals surface area contributed by atoms with Gasteiger partial charge in [-0.2, -0.15) is 10.4 Å². The second-order valence-electron chi connectivity index (χ2n) is 3.49. The lowest BCUT2D eigenvalue weighted by molar-refractivity contribution is -0.141. The largest absolute Gasteiger partial charge is 0.481 e. The van der Waals surface area contributed by atoms with Crippen LogP contribution in [0.5, 0.6) is 0 Å². The molecule has 1 aromatic heterocycles. The first kappa shape index (κ1) is 10.2. The third-order valence-electron chi connectivity index (χ3n) is 2.48. The number of anilines is 1. The van der Waals surface area contributed by atoms with Crippen LogP contribution in [0.15, 0.2) is 6.20 Å². The summed E-state index contributed by atoms with van der Waals surface area (Å²) in [6.07, 6.45) is 1.26. The number of aliphatic carboxylic acids is 1. The van der Waals surface area contributed by atoms with Gasteiger partial charge in [0.2, 0.25) is 5.91 Å². The van der Waals surface area contributed by atoms with Gasteiger partial charge in [-0.15, -0.1) is 0 Å². The molecule has 7 heteroatoms. The minimum atomic E-state index is -1.01. The maximum absolute atomic E-state index is 11.6. The summed E-state index contributed by atoms with van der Waals surface area (Å²) in [5.74, 6) is -1.76. The monoisotopic (exact) mass is 220 g/mol. The summed E-state index contributed by atoms with van der Waals surface area (Å²) in [5, 5.41) is 23.7. The van der Waals surface area contributed by atoms with Crippen molar-refractivity contribution in [1.29, 1.82) is 5.26 Å². The Morgan fingerprint density at radius 1 is 1.75 bits per heavy atom. The Kier molecular flexibility index (Phi) is 2.32. The molecule has 82 valence electrons. The van der Waals surface area contributed by atoms with E-state index in [-0.39, 0.29) is 30.3 Å². The fourth-order valence-electron chi connectivity index (χ4n) is 1.66. The molecule has 0 saturated carbocycles. The molecule has 1 unspecified atom stereocenters. The molecule has 0 bridgehead atoms. The average Bonchev–Trinajstić information content (AvgIpc) is 2.82. The van der Waals surface area contributed by atoms with Crippen molar-refractivity contribution in [2.24, 2.45) is 5.92 Å². The highest BCUT2D eigenvalue weighted by molar-refractivity contribution is 5.99. The number of amides is 1. The minimum absolute atomic E-state index is 0.0424. The molecule has 0 radical (unpaired) electrons. The first-order valence-corrected chi connectivity index (χ1v) is 4.60. The molecule has 0 aliphatic carbocycles. The van der Waals surface area contributed by atoms with Crippen LogP contribution in [0.1, 0.15) is 12.0 Å². The van der Waals surface area contributed by atoms with Gasteiger partial charge in [0, 0.05) is 13.0 Å². The third-order valence-corrected chi connectivity index (χ3v) is 2.48. The summed E-state index contributed by atoms with van der Waals surface area (Å²) in [6, 6.07) is 1.88. The van der Waals surface area contributed by atoms with E-state index in [1.165, 1.54) is 11.1 Å². The number of nitrogens with one attached hydrogen (secondary N) is 1. The number of carboxylic acids is 1. The number of hydrogen-bond donors (Lipinski definition) is 2. The first-order chi connectivity index (χ1) is 7.63. The Balaban J connectivity index is 2.27. The first-order valence-electron chi connectivity index (χ1n) is 4.60. The van der Waals surface area contributed by atoms with Gasteiger partial charge < -0.3 is 5.11 Å². The Bertz CT molecular complexity index is 487. The second kappa shape index (κ2) is 3.66. The molecule has 2 heterocycles. The van der Waals surface area contributed by atoms with Gasteiger partial charge in [-0.1, -0.05) is 0 Å². The fourth-order valence-corrected chi connectivity index (χ4v) is 1.66. The van der Waals surface area contributed by atoms with Crippen LogP contribution < -0.4 is 4.90 Å². The van der Waals surface area contributed by atoms with Gasteiger partial charge >= 0.3 is 5.97 Å². The van der Waals surface area contributed by atoms with E-state index in [0.717, 1.165) is 0 Å². The summed E-state index contributed by atoms with van der Waals surface area (Å²) in [7, 11) is 0. The molecule has 2 rings (SSSR count). The van der Waals surface area contributed by atoms with Crippen LogP contribution in [0.4, 0.5) is 5.82 Å². The molecule has 0 aromatic carbocycles. The molecule has 2 N–H and O–H groups in total. The van der Waals surface area contributed by atoms with Gasteiger partial charge in [0.25, 0.3) is 0 Å². The number of aromatic nitrogens is 2. The van der Waals surface area contributed by atoms with Crippen molar-refractivity contribution in [2.75, 3.05) is 11.4 Å². The molecule has 0 spiro atoms. The Morgan fingerprint density at radius 2 is 2.50 bits per heavy atom. The van der Waals surface area contributed by atoms with E-state index in [1.807, 2.05) is 6.07 Å². The lowest BCUT2D eigenvalue weighted by Gasteiger charge is -2.13. The lowest BCUT2D eigenvalue weighted by atomic mass is 10.1. The molecular weight excluding hydrogens is 212 g/mol. The molecule has 1 aliphatic heterocycles. The van der Waals surface area contributed by atoms with Crippen molar-refractivity contribution in [2.45, 2.75) is 6.42 Å². The topological polar surface area (TPSA) is 110 Å². The number of rotatable bonds is 2. The van der Waals surface area contributed by atoms with Gasteiger partial charge in [0.1, 0.15) is 17.5 Å². The zero-order chi connectivity index (χ0) is 11.7. The van der Waals surface area contributed by atoms with Crippen LogP contribution in [-0.4, -0.2) is 33.7 Å². The van der Waals surface area contributed by atoms with E-state index in [4.69, 9.17) is 10.4 Å². The van der Waals surface area contributed by atoms with Crippen molar-refractivity contribution in [3.8, 4) is 6.07 Å². The molecule has 1 atom stereocenters. The lowest BCUT2D eigenvalue weighted by Crippen LogP contribution is -2.26. The van der Waals surface area contributed by atoms with E-state index in [1.54, 1.807) is 0 Å². The van der Waals surface area contributed by atoms with E-state index < -0.39 is 11.9 Å². The van der Waals surface area contributed by atoms with Crippen molar-refractivity contribution in [1.82, 2.24) is 10.2 Å². The Morgan fingerprint density at radius 3 is 3.06 bits per heavy atom. The number of H-pyrrole nitrogens is 1. The number of nitrogens with zero attached hydrogens (tertiary/aromatic N) is 3. The Labute approximate surface area is 90.3 Å². The normalized spacial score (nSPS) is 19.8. The molecule has 1 fully saturated rings.